The summed E-state index contributed by atoms with van der Waals surface area (Å²) in [6, 6.07) is 6.85. The van der Waals surface area contributed by atoms with Gasteiger partial charge in [0.25, 0.3) is 0 Å². The number of hydrogen-bond acceptors (Lipinski definition) is 2. The minimum atomic E-state index is -0.193. The molecule has 5 heteroatoms. The predicted octanol–water partition coefficient (Wildman–Crippen LogP) is 2.13. The number of piperidine rings is 1. The van der Waals surface area contributed by atoms with Gasteiger partial charge in [0.05, 0.1) is 6.54 Å². The van der Waals surface area contributed by atoms with Crippen molar-refractivity contribution >= 4 is 11.8 Å². The zero-order chi connectivity index (χ0) is 15.9. The second-order valence-corrected chi connectivity index (χ2v) is 5.89. The molecule has 22 heavy (non-hydrogen) atoms. The third-order valence-electron chi connectivity index (χ3n) is 4.14. The standard InChI is InChI=1S/C17H23FN2O2/c1-13(21)19-11-17(22)20-10-4-5-14(12-20)8-9-15-6-2-3-7-16(15)18/h2-3,6-7,14H,4-5,8-12H2,1H3,(H,19,21)/t14-/m0/s1. The van der Waals surface area contributed by atoms with E-state index in [1.54, 1.807) is 6.07 Å². The molecule has 1 fully saturated rings. The van der Waals surface area contributed by atoms with Gasteiger partial charge in [-0.15, -0.1) is 0 Å². The fourth-order valence-corrected chi connectivity index (χ4v) is 2.90. The van der Waals surface area contributed by atoms with Gasteiger partial charge in [0.15, 0.2) is 0 Å². The number of rotatable bonds is 5. The van der Waals surface area contributed by atoms with E-state index in [1.807, 2.05) is 17.0 Å². The molecule has 0 bridgehead atoms. The molecular weight excluding hydrogens is 283 g/mol. The number of carbonyl (C=O) groups is 2. The van der Waals surface area contributed by atoms with Crippen LogP contribution in [0.25, 0.3) is 0 Å². The van der Waals surface area contributed by atoms with Gasteiger partial charge in [0.2, 0.25) is 11.8 Å². The van der Waals surface area contributed by atoms with Crippen LogP contribution in [0.4, 0.5) is 4.39 Å². The first-order valence-corrected chi connectivity index (χ1v) is 7.82. The maximum atomic E-state index is 13.6. The van der Waals surface area contributed by atoms with Crippen molar-refractivity contribution in [2.24, 2.45) is 5.92 Å². The third-order valence-corrected chi connectivity index (χ3v) is 4.14. The third kappa shape index (κ3) is 4.83. The van der Waals surface area contributed by atoms with Crippen LogP contribution >= 0.6 is 0 Å². The lowest BCUT2D eigenvalue weighted by Crippen LogP contribution is -2.44. The predicted molar refractivity (Wildman–Crippen MR) is 82.7 cm³/mol. The van der Waals surface area contributed by atoms with Crippen LogP contribution in [0.15, 0.2) is 24.3 Å². The highest BCUT2D eigenvalue weighted by Gasteiger charge is 2.23. The average molecular weight is 306 g/mol. The highest BCUT2D eigenvalue weighted by molar-refractivity contribution is 5.83. The Hall–Kier alpha value is -1.91. The van der Waals surface area contributed by atoms with Gasteiger partial charge in [-0.2, -0.15) is 0 Å². The maximum absolute atomic E-state index is 13.6. The van der Waals surface area contributed by atoms with E-state index in [4.69, 9.17) is 0 Å². The second kappa shape index (κ2) is 7.92. The Bertz CT molecular complexity index is 533. The molecule has 1 aromatic rings. The number of halogens is 1. The summed E-state index contributed by atoms with van der Waals surface area (Å²) in [5.74, 6) is 0.0128. The molecule has 1 aliphatic heterocycles. The van der Waals surface area contributed by atoms with Crippen molar-refractivity contribution in [3.8, 4) is 0 Å². The summed E-state index contributed by atoms with van der Waals surface area (Å²) < 4.78 is 13.6. The Kier molecular flexibility index (Phi) is 5.92. The monoisotopic (exact) mass is 306 g/mol. The number of hydrogen-bond donors (Lipinski definition) is 1. The number of amides is 2. The fraction of sp³-hybridized carbons (Fsp3) is 0.529. The molecule has 1 saturated heterocycles. The SMILES string of the molecule is CC(=O)NCC(=O)N1CCC[C@@H](CCc2ccccc2F)C1. The highest BCUT2D eigenvalue weighted by atomic mass is 19.1. The van der Waals surface area contributed by atoms with Crippen LogP contribution < -0.4 is 5.32 Å². The van der Waals surface area contributed by atoms with Crippen LogP contribution in [0.5, 0.6) is 0 Å². The van der Waals surface area contributed by atoms with E-state index >= 15 is 0 Å². The number of carbonyl (C=O) groups excluding carboxylic acids is 2. The molecule has 1 heterocycles. The summed E-state index contributed by atoms with van der Waals surface area (Å²) in [7, 11) is 0. The first-order valence-electron chi connectivity index (χ1n) is 7.82. The fourth-order valence-electron chi connectivity index (χ4n) is 2.90. The van der Waals surface area contributed by atoms with Crippen LogP contribution in [0.3, 0.4) is 0 Å². The van der Waals surface area contributed by atoms with E-state index in [0.717, 1.165) is 31.4 Å². The van der Waals surface area contributed by atoms with Crippen molar-refractivity contribution in [1.82, 2.24) is 10.2 Å². The van der Waals surface area contributed by atoms with E-state index < -0.39 is 0 Å². The Labute approximate surface area is 130 Å². The summed E-state index contributed by atoms with van der Waals surface area (Å²) in [5.41, 5.74) is 0.740. The number of likely N-dealkylation sites (tertiary alicyclic amines) is 1. The van der Waals surface area contributed by atoms with Crippen molar-refractivity contribution in [3.63, 3.8) is 0 Å². The quantitative estimate of drug-likeness (QED) is 0.906. The maximum Gasteiger partial charge on any atom is 0.241 e. The highest BCUT2D eigenvalue weighted by Crippen LogP contribution is 2.22. The normalized spacial score (nSPS) is 18.1. The molecule has 1 aromatic carbocycles. The molecule has 2 amide bonds. The molecule has 4 nitrogen and oxygen atoms in total. The van der Waals surface area contributed by atoms with E-state index in [0.29, 0.717) is 18.9 Å². The van der Waals surface area contributed by atoms with Gasteiger partial charge in [-0.05, 0) is 43.2 Å². The Morgan fingerprint density at radius 1 is 1.36 bits per heavy atom. The van der Waals surface area contributed by atoms with E-state index in [2.05, 4.69) is 5.32 Å². The van der Waals surface area contributed by atoms with E-state index in [9.17, 15) is 14.0 Å². The number of benzene rings is 1. The lowest BCUT2D eigenvalue weighted by molar-refractivity contribution is -0.134. The summed E-state index contributed by atoms with van der Waals surface area (Å²) in [5, 5.41) is 2.54. The average Bonchev–Trinajstić information content (AvgIpc) is 2.52. The molecule has 0 saturated carbocycles. The lowest BCUT2D eigenvalue weighted by atomic mass is 9.91. The molecule has 0 aliphatic carbocycles. The summed E-state index contributed by atoms with van der Waals surface area (Å²) in [6.07, 6.45) is 3.61. The molecule has 1 atom stereocenters. The first kappa shape index (κ1) is 16.5. The van der Waals surface area contributed by atoms with Gasteiger partial charge in [0, 0.05) is 20.0 Å². The summed E-state index contributed by atoms with van der Waals surface area (Å²) in [4.78, 5) is 24.7. The first-order chi connectivity index (χ1) is 10.6. The second-order valence-electron chi connectivity index (χ2n) is 5.89. The van der Waals surface area contributed by atoms with Crippen LogP contribution in [0.2, 0.25) is 0 Å². The van der Waals surface area contributed by atoms with E-state index in [-0.39, 0.29) is 24.2 Å². The summed E-state index contributed by atoms with van der Waals surface area (Å²) >= 11 is 0. The largest absolute Gasteiger partial charge is 0.347 e. The van der Waals surface area contributed by atoms with E-state index in [1.165, 1.54) is 13.0 Å². The Morgan fingerprint density at radius 3 is 2.86 bits per heavy atom. The number of nitrogens with one attached hydrogen (secondary N) is 1. The van der Waals surface area contributed by atoms with Gasteiger partial charge in [-0.3, -0.25) is 9.59 Å². The molecule has 1 N–H and O–H groups in total. The molecule has 0 radical (unpaired) electrons. The summed E-state index contributed by atoms with van der Waals surface area (Å²) in [6.45, 7) is 2.91. The topological polar surface area (TPSA) is 49.4 Å². The van der Waals surface area contributed by atoms with Gasteiger partial charge in [-0.1, -0.05) is 18.2 Å². The molecule has 0 unspecified atom stereocenters. The molecule has 2 rings (SSSR count). The minimum absolute atomic E-state index is 0.0363. The van der Waals surface area contributed by atoms with Crippen molar-refractivity contribution in [1.29, 1.82) is 0 Å². The number of aryl methyl sites for hydroxylation is 1. The number of nitrogens with zero attached hydrogens (tertiary/aromatic N) is 1. The van der Waals surface area contributed by atoms with Gasteiger partial charge in [0.1, 0.15) is 5.82 Å². The van der Waals surface area contributed by atoms with Gasteiger partial charge in [-0.25, -0.2) is 4.39 Å². The molecule has 0 spiro atoms. The van der Waals surface area contributed by atoms with Crippen LogP contribution in [0, 0.1) is 11.7 Å². The molecule has 120 valence electrons. The van der Waals surface area contributed by atoms with Crippen molar-refractivity contribution < 1.29 is 14.0 Å². The lowest BCUT2D eigenvalue weighted by Gasteiger charge is -2.33. The van der Waals surface area contributed by atoms with Gasteiger partial charge < -0.3 is 10.2 Å². The molecular formula is C17H23FN2O2. The van der Waals surface area contributed by atoms with Crippen LogP contribution in [-0.4, -0.2) is 36.3 Å². The van der Waals surface area contributed by atoms with Crippen molar-refractivity contribution in [2.75, 3.05) is 19.6 Å². The zero-order valence-electron chi connectivity index (χ0n) is 13.0. The Morgan fingerprint density at radius 2 is 2.14 bits per heavy atom. The van der Waals surface area contributed by atoms with Crippen molar-refractivity contribution in [3.05, 3.63) is 35.6 Å². The van der Waals surface area contributed by atoms with Crippen LogP contribution in [0.1, 0.15) is 31.7 Å². The Balaban J connectivity index is 1.82. The zero-order valence-corrected chi connectivity index (χ0v) is 13.0. The minimum Gasteiger partial charge on any atom is -0.347 e. The van der Waals surface area contributed by atoms with Gasteiger partial charge >= 0.3 is 0 Å². The smallest absolute Gasteiger partial charge is 0.241 e. The molecule has 0 aromatic heterocycles. The molecule has 1 aliphatic rings. The van der Waals surface area contributed by atoms with Crippen molar-refractivity contribution in [2.45, 2.75) is 32.6 Å². The van der Waals surface area contributed by atoms with Crippen LogP contribution in [-0.2, 0) is 16.0 Å².